The molecule has 0 saturated carbocycles. The molecule has 4 heteroatoms. The maximum atomic E-state index is 9.84. The van der Waals surface area contributed by atoms with Crippen molar-refractivity contribution in [2.75, 3.05) is 13.2 Å². The second kappa shape index (κ2) is 5.17. The molecule has 1 saturated heterocycles. The van der Waals surface area contributed by atoms with Gasteiger partial charge in [-0.1, -0.05) is 20.8 Å². The van der Waals surface area contributed by atoms with Crippen molar-refractivity contribution in [3.05, 3.63) is 0 Å². The standard InChI is InChI=1S/C12H27NO2Si/c1-12(2,3)16(4,5)15-9-10-11(14)7-6-8-13-10/h10-11,13-14H,6-9H2,1-5H3/t10-,11-/m1/s1. The number of piperidine rings is 1. The summed E-state index contributed by atoms with van der Waals surface area (Å²) in [6.45, 7) is 12.9. The molecule has 1 aliphatic rings. The van der Waals surface area contributed by atoms with Gasteiger partial charge < -0.3 is 14.8 Å². The van der Waals surface area contributed by atoms with Gasteiger partial charge in [0.05, 0.1) is 18.8 Å². The Balaban J connectivity index is 2.44. The molecule has 2 atom stereocenters. The molecule has 1 aliphatic heterocycles. The molecule has 3 nitrogen and oxygen atoms in total. The third-order valence-corrected chi connectivity index (χ3v) is 8.48. The zero-order valence-corrected chi connectivity index (χ0v) is 12.3. The fourth-order valence-electron chi connectivity index (χ4n) is 1.62. The minimum atomic E-state index is -1.67. The Morgan fingerprint density at radius 3 is 2.50 bits per heavy atom. The van der Waals surface area contributed by atoms with E-state index in [1.54, 1.807) is 0 Å². The lowest BCUT2D eigenvalue weighted by Gasteiger charge is -2.38. The van der Waals surface area contributed by atoms with Crippen LogP contribution in [0, 0.1) is 0 Å². The maximum Gasteiger partial charge on any atom is 0.192 e. The molecular weight excluding hydrogens is 218 g/mol. The molecule has 0 amide bonds. The van der Waals surface area contributed by atoms with Crippen molar-refractivity contribution < 1.29 is 9.53 Å². The zero-order valence-electron chi connectivity index (χ0n) is 11.3. The molecule has 2 N–H and O–H groups in total. The van der Waals surface area contributed by atoms with Gasteiger partial charge in [-0.25, -0.2) is 0 Å². The molecule has 0 aliphatic carbocycles. The Morgan fingerprint density at radius 2 is 2.00 bits per heavy atom. The molecule has 0 spiro atoms. The van der Waals surface area contributed by atoms with Crippen molar-refractivity contribution in [1.29, 1.82) is 0 Å². The SMILES string of the molecule is CC(C)(C)[Si](C)(C)OC[C@H]1NCCC[C@H]1O. The van der Waals surface area contributed by atoms with E-state index in [1.165, 1.54) is 0 Å². The first-order chi connectivity index (χ1) is 7.24. The Morgan fingerprint density at radius 1 is 1.38 bits per heavy atom. The second-order valence-electron chi connectivity index (χ2n) is 6.34. The van der Waals surface area contributed by atoms with Crippen molar-refractivity contribution in [1.82, 2.24) is 5.32 Å². The van der Waals surface area contributed by atoms with E-state index in [4.69, 9.17) is 4.43 Å². The van der Waals surface area contributed by atoms with Crippen molar-refractivity contribution in [3.63, 3.8) is 0 Å². The van der Waals surface area contributed by atoms with Crippen molar-refractivity contribution >= 4 is 8.32 Å². The van der Waals surface area contributed by atoms with Crippen molar-refractivity contribution in [2.24, 2.45) is 0 Å². The van der Waals surface area contributed by atoms with Gasteiger partial charge in [-0.3, -0.25) is 0 Å². The molecule has 0 unspecified atom stereocenters. The summed E-state index contributed by atoms with van der Waals surface area (Å²) in [7, 11) is -1.67. The number of hydrogen-bond acceptors (Lipinski definition) is 3. The summed E-state index contributed by atoms with van der Waals surface area (Å²) in [5.74, 6) is 0. The van der Waals surface area contributed by atoms with Crippen LogP contribution >= 0.6 is 0 Å². The van der Waals surface area contributed by atoms with Gasteiger partial charge in [0.1, 0.15) is 0 Å². The minimum Gasteiger partial charge on any atom is -0.415 e. The second-order valence-corrected chi connectivity index (χ2v) is 11.2. The molecule has 1 rings (SSSR count). The highest BCUT2D eigenvalue weighted by Gasteiger charge is 2.38. The topological polar surface area (TPSA) is 41.5 Å². The van der Waals surface area contributed by atoms with Crippen LogP contribution in [0.15, 0.2) is 0 Å². The molecule has 0 aromatic rings. The van der Waals surface area contributed by atoms with Crippen LogP contribution in [0.2, 0.25) is 18.1 Å². The zero-order chi connectivity index (χ0) is 12.4. The van der Waals surface area contributed by atoms with E-state index in [-0.39, 0.29) is 17.2 Å². The first-order valence-corrected chi connectivity index (χ1v) is 9.20. The van der Waals surface area contributed by atoms with E-state index in [1.807, 2.05) is 0 Å². The van der Waals surface area contributed by atoms with Crippen LogP contribution in [-0.2, 0) is 4.43 Å². The molecule has 0 aromatic carbocycles. The molecule has 0 aromatic heterocycles. The summed E-state index contributed by atoms with van der Waals surface area (Å²) in [6.07, 6.45) is 1.73. The fourth-order valence-corrected chi connectivity index (χ4v) is 2.65. The summed E-state index contributed by atoms with van der Waals surface area (Å²) in [5, 5.41) is 13.4. The Bertz CT molecular complexity index is 226. The lowest BCUT2D eigenvalue weighted by atomic mass is 10.0. The van der Waals surface area contributed by atoms with Crippen LogP contribution < -0.4 is 5.32 Å². The van der Waals surface area contributed by atoms with E-state index in [9.17, 15) is 5.11 Å². The summed E-state index contributed by atoms with van der Waals surface area (Å²) in [4.78, 5) is 0. The molecule has 1 fully saturated rings. The fraction of sp³-hybridized carbons (Fsp3) is 1.00. The van der Waals surface area contributed by atoms with Gasteiger partial charge in [0.15, 0.2) is 8.32 Å². The average molecular weight is 245 g/mol. The quantitative estimate of drug-likeness (QED) is 0.748. The van der Waals surface area contributed by atoms with E-state index in [0.717, 1.165) is 19.4 Å². The van der Waals surface area contributed by atoms with Crippen LogP contribution in [0.4, 0.5) is 0 Å². The van der Waals surface area contributed by atoms with Gasteiger partial charge in [0, 0.05) is 0 Å². The van der Waals surface area contributed by atoms with Gasteiger partial charge in [-0.2, -0.15) is 0 Å². The van der Waals surface area contributed by atoms with Crippen LogP contribution in [0.25, 0.3) is 0 Å². The number of nitrogens with one attached hydrogen (secondary N) is 1. The summed E-state index contributed by atoms with van der Waals surface area (Å²) in [5.41, 5.74) is 0. The van der Waals surface area contributed by atoms with Crippen LogP contribution in [0.1, 0.15) is 33.6 Å². The highest BCUT2D eigenvalue weighted by molar-refractivity contribution is 6.74. The smallest absolute Gasteiger partial charge is 0.192 e. The van der Waals surface area contributed by atoms with Gasteiger partial charge >= 0.3 is 0 Å². The maximum absolute atomic E-state index is 9.84. The highest BCUT2D eigenvalue weighted by atomic mass is 28.4. The lowest BCUT2D eigenvalue weighted by Crippen LogP contribution is -2.51. The molecule has 96 valence electrons. The van der Waals surface area contributed by atoms with E-state index >= 15 is 0 Å². The van der Waals surface area contributed by atoms with Crippen LogP contribution in [0.3, 0.4) is 0 Å². The number of hydrogen-bond donors (Lipinski definition) is 2. The first kappa shape index (κ1) is 14.2. The van der Waals surface area contributed by atoms with Crippen molar-refractivity contribution in [3.8, 4) is 0 Å². The van der Waals surface area contributed by atoms with Gasteiger partial charge in [-0.05, 0) is 37.5 Å². The predicted octanol–water partition coefficient (Wildman–Crippen LogP) is 2.12. The third-order valence-electron chi connectivity index (χ3n) is 3.98. The Labute approximate surface area is 101 Å². The third kappa shape index (κ3) is 3.55. The van der Waals surface area contributed by atoms with Crippen LogP contribution in [-0.4, -0.2) is 38.7 Å². The largest absolute Gasteiger partial charge is 0.415 e. The van der Waals surface area contributed by atoms with Gasteiger partial charge in [-0.15, -0.1) is 0 Å². The molecular formula is C12H27NO2Si. The van der Waals surface area contributed by atoms with Crippen LogP contribution in [0.5, 0.6) is 0 Å². The summed E-state index contributed by atoms with van der Waals surface area (Å²) in [6, 6.07) is 0.128. The van der Waals surface area contributed by atoms with E-state index in [0.29, 0.717) is 6.61 Å². The Hall–Kier alpha value is 0.0969. The average Bonchev–Trinajstić information content (AvgIpc) is 2.15. The Kier molecular flexibility index (Phi) is 4.57. The van der Waals surface area contributed by atoms with Gasteiger partial charge in [0.2, 0.25) is 0 Å². The number of aliphatic hydroxyl groups is 1. The van der Waals surface area contributed by atoms with Crippen molar-refractivity contribution in [2.45, 2.75) is 63.9 Å². The monoisotopic (exact) mass is 245 g/mol. The van der Waals surface area contributed by atoms with Gasteiger partial charge in [0.25, 0.3) is 0 Å². The summed E-state index contributed by atoms with van der Waals surface area (Å²) >= 11 is 0. The van der Waals surface area contributed by atoms with E-state index in [2.05, 4.69) is 39.2 Å². The first-order valence-electron chi connectivity index (χ1n) is 6.29. The lowest BCUT2D eigenvalue weighted by molar-refractivity contribution is 0.0674. The number of aliphatic hydroxyl groups excluding tert-OH is 1. The molecule has 1 heterocycles. The minimum absolute atomic E-state index is 0.128. The number of rotatable bonds is 3. The highest BCUT2D eigenvalue weighted by Crippen LogP contribution is 2.36. The molecule has 0 radical (unpaired) electrons. The predicted molar refractivity (Wildman–Crippen MR) is 70.2 cm³/mol. The molecule has 16 heavy (non-hydrogen) atoms. The summed E-state index contributed by atoms with van der Waals surface area (Å²) < 4.78 is 6.12. The molecule has 0 bridgehead atoms. The van der Waals surface area contributed by atoms with E-state index < -0.39 is 8.32 Å². The normalized spacial score (nSPS) is 28.1.